The molecule has 3 heterocycles. The maximum atomic E-state index is 12.8. The highest BCUT2D eigenvalue weighted by atomic mass is 16.2. The molecule has 7 nitrogen and oxygen atoms in total. The second-order valence-corrected chi connectivity index (χ2v) is 8.41. The van der Waals surface area contributed by atoms with Gasteiger partial charge in [-0.3, -0.25) is 10.1 Å². The maximum absolute atomic E-state index is 12.8. The highest BCUT2D eigenvalue weighted by molar-refractivity contribution is 5.87. The number of piperazine rings is 1. The molecule has 0 radical (unpaired) electrons. The first-order chi connectivity index (χ1) is 15.1. The van der Waals surface area contributed by atoms with E-state index in [9.17, 15) is 4.79 Å². The van der Waals surface area contributed by atoms with Gasteiger partial charge >= 0.3 is 0 Å². The summed E-state index contributed by atoms with van der Waals surface area (Å²) >= 11 is 0. The summed E-state index contributed by atoms with van der Waals surface area (Å²) in [5.41, 5.74) is 11.7. The molecule has 1 aromatic rings. The molecule has 1 amide bonds. The number of aryl methyl sites for hydroxylation is 1. The molecule has 3 aliphatic heterocycles. The number of carbonyl (C=O) groups excluding carboxylic acids is 1. The van der Waals surface area contributed by atoms with E-state index in [1.807, 2.05) is 24.2 Å². The molecule has 7 heteroatoms. The molecular formula is C24H34N6O. The van der Waals surface area contributed by atoms with Crippen LogP contribution in [0.5, 0.6) is 0 Å². The number of carbonyl (C=O) groups is 1. The first-order valence-corrected chi connectivity index (χ1v) is 11.3. The van der Waals surface area contributed by atoms with Gasteiger partial charge in [-0.05, 0) is 50.1 Å². The number of hydrogen-bond acceptors (Lipinski definition) is 6. The molecular weight excluding hydrogens is 388 g/mol. The zero-order valence-electron chi connectivity index (χ0n) is 18.5. The SMILES string of the molecule is CCN1C(=O)C2CCCN2C2=CC(NC/C(=C/NCc3ccc(C)cc3)CN)NC=C21. The lowest BCUT2D eigenvalue weighted by Crippen LogP contribution is -2.54. The van der Waals surface area contributed by atoms with Crippen LogP contribution in [0.2, 0.25) is 0 Å². The van der Waals surface area contributed by atoms with Crippen LogP contribution >= 0.6 is 0 Å². The van der Waals surface area contributed by atoms with E-state index in [4.69, 9.17) is 5.73 Å². The predicted octanol–water partition coefficient (Wildman–Crippen LogP) is 1.50. The Morgan fingerprint density at radius 3 is 2.84 bits per heavy atom. The van der Waals surface area contributed by atoms with Crippen LogP contribution in [-0.4, -0.2) is 54.1 Å². The van der Waals surface area contributed by atoms with Crippen LogP contribution < -0.4 is 21.7 Å². The van der Waals surface area contributed by atoms with Crippen molar-refractivity contribution in [3.8, 4) is 0 Å². The third kappa shape index (κ3) is 4.62. The molecule has 166 valence electrons. The van der Waals surface area contributed by atoms with Crippen LogP contribution in [0, 0.1) is 6.92 Å². The molecule has 31 heavy (non-hydrogen) atoms. The van der Waals surface area contributed by atoms with Gasteiger partial charge in [-0.25, -0.2) is 0 Å². The number of nitrogens with zero attached hydrogens (tertiary/aromatic N) is 2. The van der Waals surface area contributed by atoms with Gasteiger partial charge in [0.15, 0.2) is 0 Å². The van der Waals surface area contributed by atoms with E-state index < -0.39 is 0 Å². The van der Waals surface area contributed by atoms with E-state index in [1.165, 1.54) is 11.1 Å². The van der Waals surface area contributed by atoms with E-state index in [-0.39, 0.29) is 18.1 Å². The molecule has 2 fully saturated rings. The lowest BCUT2D eigenvalue weighted by atomic mass is 10.0. The normalized spacial score (nSPS) is 23.1. The Balaban J connectivity index is 1.36. The minimum absolute atomic E-state index is 0.000966. The molecule has 0 bridgehead atoms. The minimum atomic E-state index is -0.00688. The largest absolute Gasteiger partial charge is 0.387 e. The average molecular weight is 423 g/mol. The number of nitrogens with two attached hydrogens (primary N) is 1. The summed E-state index contributed by atoms with van der Waals surface area (Å²) in [6.07, 6.45) is 8.20. The third-order valence-electron chi connectivity index (χ3n) is 6.25. The average Bonchev–Trinajstić information content (AvgIpc) is 3.28. The number of rotatable bonds is 8. The zero-order valence-corrected chi connectivity index (χ0v) is 18.5. The number of amides is 1. The molecule has 0 aliphatic carbocycles. The Hall–Kier alpha value is -2.77. The van der Waals surface area contributed by atoms with Crippen molar-refractivity contribution in [2.75, 3.05) is 26.2 Å². The molecule has 3 aliphatic rings. The number of benzene rings is 1. The van der Waals surface area contributed by atoms with Crippen molar-refractivity contribution in [3.05, 3.63) is 70.8 Å². The maximum Gasteiger partial charge on any atom is 0.249 e. The third-order valence-corrected chi connectivity index (χ3v) is 6.25. The second-order valence-electron chi connectivity index (χ2n) is 8.41. The molecule has 0 aromatic heterocycles. The number of nitrogens with one attached hydrogen (secondary N) is 3. The van der Waals surface area contributed by atoms with Gasteiger partial charge in [0, 0.05) is 38.9 Å². The summed E-state index contributed by atoms with van der Waals surface area (Å²) in [6, 6.07) is 8.52. The number of fused-ring (bicyclic) bond motifs is 3. The molecule has 2 saturated heterocycles. The van der Waals surface area contributed by atoms with Gasteiger partial charge in [-0.1, -0.05) is 29.8 Å². The van der Waals surface area contributed by atoms with Crippen molar-refractivity contribution in [1.82, 2.24) is 25.8 Å². The lowest BCUT2D eigenvalue weighted by Gasteiger charge is -2.43. The Morgan fingerprint density at radius 2 is 2.10 bits per heavy atom. The number of hydrogen-bond donors (Lipinski definition) is 4. The van der Waals surface area contributed by atoms with Gasteiger partial charge in [-0.15, -0.1) is 0 Å². The van der Waals surface area contributed by atoms with Gasteiger partial charge in [0.1, 0.15) is 6.04 Å². The van der Waals surface area contributed by atoms with Crippen LogP contribution in [0.15, 0.2) is 59.7 Å². The van der Waals surface area contributed by atoms with Crippen molar-refractivity contribution < 1.29 is 4.79 Å². The smallest absolute Gasteiger partial charge is 0.249 e. The molecule has 5 N–H and O–H groups in total. The van der Waals surface area contributed by atoms with E-state index in [1.54, 1.807) is 0 Å². The Bertz CT molecular complexity index is 888. The van der Waals surface area contributed by atoms with Crippen molar-refractivity contribution in [1.29, 1.82) is 0 Å². The predicted molar refractivity (Wildman–Crippen MR) is 123 cm³/mol. The van der Waals surface area contributed by atoms with Crippen LogP contribution in [0.25, 0.3) is 0 Å². The highest BCUT2D eigenvalue weighted by Crippen LogP contribution is 2.35. The summed E-state index contributed by atoms with van der Waals surface area (Å²) < 4.78 is 0. The van der Waals surface area contributed by atoms with E-state index in [2.05, 4.69) is 58.1 Å². The van der Waals surface area contributed by atoms with Crippen LogP contribution in [0.3, 0.4) is 0 Å². The van der Waals surface area contributed by atoms with Gasteiger partial charge < -0.3 is 26.2 Å². The molecule has 4 rings (SSSR count). The van der Waals surface area contributed by atoms with Crippen LogP contribution in [0.4, 0.5) is 0 Å². The highest BCUT2D eigenvalue weighted by Gasteiger charge is 2.43. The van der Waals surface area contributed by atoms with Crippen LogP contribution in [-0.2, 0) is 11.3 Å². The molecule has 1 aromatic carbocycles. The fraction of sp³-hybridized carbons (Fsp3) is 0.458. The first kappa shape index (κ1) is 21.5. The van der Waals surface area contributed by atoms with E-state index in [0.29, 0.717) is 19.6 Å². The van der Waals surface area contributed by atoms with Crippen molar-refractivity contribution in [2.45, 2.75) is 45.4 Å². The van der Waals surface area contributed by atoms with E-state index in [0.717, 1.165) is 42.9 Å². The monoisotopic (exact) mass is 422 g/mol. The molecule has 2 atom stereocenters. The van der Waals surface area contributed by atoms with Gasteiger partial charge in [0.25, 0.3) is 0 Å². The number of dihydropyridines is 1. The zero-order chi connectivity index (χ0) is 21.8. The van der Waals surface area contributed by atoms with Crippen LogP contribution in [0.1, 0.15) is 30.9 Å². The topological polar surface area (TPSA) is 85.7 Å². The van der Waals surface area contributed by atoms with Gasteiger partial charge in [0.05, 0.1) is 17.6 Å². The Kier molecular flexibility index (Phi) is 6.63. The fourth-order valence-corrected chi connectivity index (χ4v) is 4.49. The molecule has 0 spiro atoms. The first-order valence-electron chi connectivity index (χ1n) is 11.3. The minimum Gasteiger partial charge on any atom is -0.387 e. The fourth-order valence-electron chi connectivity index (χ4n) is 4.49. The van der Waals surface area contributed by atoms with Crippen molar-refractivity contribution >= 4 is 5.91 Å². The summed E-state index contributed by atoms with van der Waals surface area (Å²) in [5, 5.41) is 10.3. The van der Waals surface area contributed by atoms with Crippen molar-refractivity contribution in [3.63, 3.8) is 0 Å². The Morgan fingerprint density at radius 1 is 1.29 bits per heavy atom. The standard InChI is InChI=1S/C24H34N6O/c1-3-29-22-16-28-23(11-21(22)30-10-4-5-20(30)24(29)31)27-15-19(12-25)14-26-13-18-8-6-17(2)7-9-18/h6-9,11,14,16,20,23,26-28H,3-5,10,12-13,15,25H2,1-2H3/b19-14+. The summed E-state index contributed by atoms with van der Waals surface area (Å²) in [4.78, 5) is 17.0. The second kappa shape index (κ2) is 9.58. The van der Waals surface area contributed by atoms with Crippen molar-refractivity contribution in [2.24, 2.45) is 5.73 Å². The summed E-state index contributed by atoms with van der Waals surface area (Å²) in [5.74, 6) is 0.226. The molecule has 0 saturated carbocycles. The number of likely N-dealkylation sites (N-methyl/N-ethyl adjacent to an activating group) is 1. The Labute approximate surface area is 185 Å². The molecule has 2 unspecified atom stereocenters. The summed E-state index contributed by atoms with van der Waals surface area (Å²) in [7, 11) is 0. The van der Waals surface area contributed by atoms with E-state index >= 15 is 0 Å². The van der Waals surface area contributed by atoms with Gasteiger partial charge in [-0.2, -0.15) is 0 Å². The quantitative estimate of drug-likeness (QED) is 0.508. The van der Waals surface area contributed by atoms with Gasteiger partial charge in [0.2, 0.25) is 5.91 Å². The summed E-state index contributed by atoms with van der Waals surface area (Å²) in [6.45, 7) is 7.72. The lowest BCUT2D eigenvalue weighted by molar-refractivity contribution is -0.135.